The summed E-state index contributed by atoms with van der Waals surface area (Å²) in [6.45, 7) is 3.89. The number of aryl methyl sites for hydroxylation is 1. The third kappa shape index (κ3) is 3.07. The van der Waals surface area contributed by atoms with Crippen molar-refractivity contribution in [2.75, 3.05) is 11.9 Å². The molecule has 1 aromatic rings. The summed E-state index contributed by atoms with van der Waals surface area (Å²) in [7, 11) is 0. The molecule has 0 amide bonds. The molecule has 0 aliphatic heterocycles. The first-order valence-electron chi connectivity index (χ1n) is 6.97. The van der Waals surface area contributed by atoms with Gasteiger partial charge >= 0.3 is 0 Å². The van der Waals surface area contributed by atoms with Gasteiger partial charge in [0.25, 0.3) is 5.69 Å². The smallest absolute Gasteiger partial charge is 0.290 e. The maximum Gasteiger partial charge on any atom is 0.290 e. The van der Waals surface area contributed by atoms with Crippen LogP contribution in [0.25, 0.3) is 0 Å². The van der Waals surface area contributed by atoms with Crippen LogP contribution in [-0.2, 0) is 0 Å². The molecule has 2 N–H and O–H groups in total. The van der Waals surface area contributed by atoms with Crippen molar-refractivity contribution >= 4 is 11.5 Å². The van der Waals surface area contributed by atoms with E-state index >= 15 is 0 Å². The average molecular weight is 279 g/mol. The average Bonchev–Trinajstić information content (AvgIpc) is 2.41. The molecule has 0 spiro atoms. The highest BCUT2D eigenvalue weighted by Gasteiger charge is 2.34. The van der Waals surface area contributed by atoms with E-state index in [0.717, 1.165) is 25.7 Å². The second-order valence-corrected chi connectivity index (χ2v) is 5.80. The number of nitrogens with zero attached hydrogens (tertiary/aromatic N) is 2. The van der Waals surface area contributed by atoms with E-state index in [2.05, 4.69) is 17.2 Å². The Morgan fingerprint density at radius 1 is 1.50 bits per heavy atom. The summed E-state index contributed by atoms with van der Waals surface area (Å²) < 4.78 is 0. The third-order valence-electron chi connectivity index (χ3n) is 4.18. The van der Waals surface area contributed by atoms with E-state index in [1.54, 1.807) is 13.0 Å². The Hall–Kier alpha value is -1.69. The molecule has 6 heteroatoms. The van der Waals surface area contributed by atoms with Crippen molar-refractivity contribution in [3.05, 3.63) is 27.9 Å². The van der Waals surface area contributed by atoms with Crippen molar-refractivity contribution in [1.29, 1.82) is 0 Å². The van der Waals surface area contributed by atoms with E-state index in [1.165, 1.54) is 6.07 Å². The summed E-state index contributed by atoms with van der Waals surface area (Å²) in [6, 6.07) is 3.07. The molecule has 0 radical (unpaired) electrons. The fourth-order valence-corrected chi connectivity index (χ4v) is 2.73. The summed E-state index contributed by atoms with van der Waals surface area (Å²) >= 11 is 0. The van der Waals surface area contributed by atoms with Crippen LogP contribution in [0.3, 0.4) is 0 Å². The number of rotatable bonds is 4. The minimum atomic E-state index is -0.434. The fourth-order valence-electron chi connectivity index (χ4n) is 2.73. The molecule has 20 heavy (non-hydrogen) atoms. The Morgan fingerprint density at radius 3 is 2.65 bits per heavy atom. The topological polar surface area (TPSA) is 88.3 Å². The van der Waals surface area contributed by atoms with Gasteiger partial charge in [0.2, 0.25) is 0 Å². The lowest BCUT2D eigenvalue weighted by atomic mass is 9.77. The summed E-state index contributed by atoms with van der Waals surface area (Å²) in [5, 5.41) is 23.8. The molecule has 0 unspecified atom stereocenters. The molecule has 1 heterocycles. The van der Waals surface area contributed by atoms with E-state index in [9.17, 15) is 15.2 Å². The Balaban J connectivity index is 2.16. The maximum absolute atomic E-state index is 10.8. The Labute approximate surface area is 118 Å². The summed E-state index contributed by atoms with van der Waals surface area (Å²) in [6.07, 6.45) is 3.92. The van der Waals surface area contributed by atoms with Crippen molar-refractivity contribution in [1.82, 2.24) is 4.98 Å². The molecule has 1 aliphatic rings. The first-order valence-corrected chi connectivity index (χ1v) is 6.97. The van der Waals surface area contributed by atoms with Crippen LogP contribution in [0.15, 0.2) is 12.1 Å². The number of aliphatic hydroxyl groups excluding tert-OH is 1. The van der Waals surface area contributed by atoms with E-state index in [1.807, 2.05) is 0 Å². The minimum Gasteiger partial charge on any atom is -0.394 e. The number of pyridine rings is 1. The zero-order valence-electron chi connectivity index (χ0n) is 11.9. The molecule has 1 fully saturated rings. The number of hydrogen-bond acceptors (Lipinski definition) is 5. The summed E-state index contributed by atoms with van der Waals surface area (Å²) in [5.74, 6) is 1.28. The van der Waals surface area contributed by atoms with Crippen LogP contribution in [0.1, 0.15) is 38.3 Å². The molecule has 1 saturated carbocycles. The van der Waals surface area contributed by atoms with Gasteiger partial charge in [-0.25, -0.2) is 4.98 Å². The van der Waals surface area contributed by atoms with Gasteiger partial charge in [0, 0.05) is 6.07 Å². The number of nitrogens with one attached hydrogen (secondary N) is 1. The minimum absolute atomic E-state index is 0.0193. The molecule has 0 saturated heterocycles. The molecule has 1 aromatic heterocycles. The first kappa shape index (κ1) is 14.7. The van der Waals surface area contributed by atoms with Crippen LogP contribution in [0.2, 0.25) is 0 Å². The van der Waals surface area contributed by atoms with Gasteiger partial charge in [-0.05, 0) is 44.6 Å². The summed E-state index contributed by atoms with van der Waals surface area (Å²) in [4.78, 5) is 14.6. The van der Waals surface area contributed by atoms with Crippen LogP contribution < -0.4 is 5.32 Å². The van der Waals surface area contributed by atoms with Crippen LogP contribution in [-0.4, -0.2) is 27.2 Å². The van der Waals surface area contributed by atoms with Gasteiger partial charge in [-0.3, -0.25) is 10.1 Å². The summed E-state index contributed by atoms with van der Waals surface area (Å²) in [5.41, 5.74) is 0.0605. The van der Waals surface area contributed by atoms with E-state index in [0.29, 0.717) is 17.4 Å². The van der Waals surface area contributed by atoms with Gasteiger partial charge in [0.15, 0.2) is 0 Å². The molecule has 6 nitrogen and oxygen atoms in total. The highest BCUT2D eigenvalue weighted by atomic mass is 16.6. The van der Waals surface area contributed by atoms with Crippen molar-refractivity contribution in [3.8, 4) is 0 Å². The fraction of sp³-hybridized carbons (Fsp3) is 0.643. The van der Waals surface area contributed by atoms with Crippen molar-refractivity contribution in [2.45, 2.75) is 45.1 Å². The van der Waals surface area contributed by atoms with Gasteiger partial charge in [-0.2, -0.15) is 0 Å². The molecule has 110 valence electrons. The van der Waals surface area contributed by atoms with E-state index in [-0.39, 0.29) is 17.8 Å². The van der Waals surface area contributed by atoms with Crippen LogP contribution >= 0.6 is 0 Å². The largest absolute Gasteiger partial charge is 0.394 e. The highest BCUT2D eigenvalue weighted by molar-refractivity contribution is 5.46. The van der Waals surface area contributed by atoms with Crippen LogP contribution in [0, 0.1) is 23.0 Å². The SMILES string of the molecule is Cc1nc(NC2(CO)CCC(C)CC2)ccc1[N+](=O)[O-]. The first-order chi connectivity index (χ1) is 9.46. The van der Waals surface area contributed by atoms with Crippen molar-refractivity contribution in [3.63, 3.8) is 0 Å². The molecule has 0 bridgehead atoms. The molecular weight excluding hydrogens is 258 g/mol. The lowest BCUT2D eigenvalue weighted by molar-refractivity contribution is -0.385. The van der Waals surface area contributed by atoms with Gasteiger partial charge < -0.3 is 10.4 Å². The van der Waals surface area contributed by atoms with Gasteiger partial charge in [-0.1, -0.05) is 6.92 Å². The Kier molecular flexibility index (Phi) is 4.23. The van der Waals surface area contributed by atoms with Gasteiger partial charge in [0.1, 0.15) is 11.5 Å². The molecule has 2 rings (SSSR count). The maximum atomic E-state index is 10.8. The molecule has 0 aromatic carbocycles. The normalized spacial score (nSPS) is 26.2. The Morgan fingerprint density at radius 2 is 2.15 bits per heavy atom. The van der Waals surface area contributed by atoms with Crippen LogP contribution in [0.4, 0.5) is 11.5 Å². The third-order valence-corrected chi connectivity index (χ3v) is 4.18. The highest BCUT2D eigenvalue weighted by Crippen LogP contribution is 2.34. The number of aliphatic hydroxyl groups is 1. The van der Waals surface area contributed by atoms with E-state index < -0.39 is 4.92 Å². The number of nitro groups is 1. The predicted molar refractivity (Wildman–Crippen MR) is 76.7 cm³/mol. The molecular formula is C14H21N3O3. The lowest BCUT2D eigenvalue weighted by Gasteiger charge is -2.39. The van der Waals surface area contributed by atoms with Gasteiger partial charge in [-0.15, -0.1) is 0 Å². The quantitative estimate of drug-likeness (QED) is 0.653. The number of hydrogen-bond donors (Lipinski definition) is 2. The number of aromatic nitrogens is 1. The van der Waals surface area contributed by atoms with Crippen molar-refractivity contribution in [2.24, 2.45) is 5.92 Å². The monoisotopic (exact) mass is 279 g/mol. The second-order valence-electron chi connectivity index (χ2n) is 5.80. The number of anilines is 1. The van der Waals surface area contributed by atoms with Crippen LogP contribution in [0.5, 0.6) is 0 Å². The standard InChI is InChI=1S/C14H21N3O3/c1-10-5-7-14(9-18,8-6-10)16-13-4-3-12(17(19)20)11(2)15-13/h3-4,10,18H,5-9H2,1-2H3,(H,15,16). The lowest BCUT2D eigenvalue weighted by Crippen LogP contribution is -2.45. The zero-order chi connectivity index (χ0) is 14.8. The predicted octanol–water partition coefficient (Wildman–Crippen LogP) is 2.65. The van der Waals surface area contributed by atoms with E-state index in [4.69, 9.17) is 0 Å². The van der Waals surface area contributed by atoms with Gasteiger partial charge in [0.05, 0.1) is 17.1 Å². The second kappa shape index (κ2) is 5.75. The Bertz CT molecular complexity index is 496. The molecule has 1 aliphatic carbocycles. The zero-order valence-corrected chi connectivity index (χ0v) is 11.9. The molecule has 0 atom stereocenters. The van der Waals surface area contributed by atoms with Crippen molar-refractivity contribution < 1.29 is 10.0 Å².